The van der Waals surface area contributed by atoms with E-state index in [4.69, 9.17) is 4.74 Å². The second kappa shape index (κ2) is 8.23. The summed E-state index contributed by atoms with van der Waals surface area (Å²) in [5.41, 5.74) is -1.43. The highest BCUT2D eigenvalue weighted by molar-refractivity contribution is 5.89. The Bertz CT molecular complexity index is 298. The molecule has 0 saturated carbocycles. The van der Waals surface area contributed by atoms with Gasteiger partial charge in [-0.15, -0.1) is 0 Å². The lowest BCUT2D eigenvalue weighted by Crippen LogP contribution is -2.27. The van der Waals surface area contributed by atoms with E-state index in [2.05, 4.69) is 6.58 Å². The molecule has 0 spiro atoms. The second-order valence-corrected chi connectivity index (χ2v) is 4.89. The zero-order valence-electron chi connectivity index (χ0n) is 11.8. The number of carbonyl (C=O) groups is 1. The van der Waals surface area contributed by atoms with Crippen molar-refractivity contribution in [2.24, 2.45) is 5.92 Å². The van der Waals surface area contributed by atoms with Gasteiger partial charge in [0, 0.05) is 0 Å². The summed E-state index contributed by atoms with van der Waals surface area (Å²) >= 11 is 0. The van der Waals surface area contributed by atoms with Crippen LogP contribution in [0, 0.1) is 5.92 Å². The van der Waals surface area contributed by atoms with Crippen LogP contribution >= 0.6 is 0 Å². The predicted octanol–water partition coefficient (Wildman–Crippen LogP) is 4.64. The van der Waals surface area contributed by atoms with Crippen LogP contribution in [0.15, 0.2) is 12.2 Å². The Hall–Kier alpha value is -1.00. The molecule has 112 valence electrons. The fourth-order valence-corrected chi connectivity index (χ4v) is 1.61. The fourth-order valence-electron chi connectivity index (χ4n) is 1.61. The first-order valence-corrected chi connectivity index (χ1v) is 6.69. The molecule has 0 rings (SSSR count). The summed E-state index contributed by atoms with van der Waals surface area (Å²) in [7, 11) is 0. The Labute approximate surface area is 113 Å². The Balaban J connectivity index is 4.54. The van der Waals surface area contributed by atoms with Crippen LogP contribution in [0.25, 0.3) is 0 Å². The van der Waals surface area contributed by atoms with Crippen molar-refractivity contribution in [3.63, 3.8) is 0 Å². The maximum Gasteiger partial charge on any atom is 0.422 e. The van der Waals surface area contributed by atoms with Crippen molar-refractivity contribution >= 4 is 5.97 Å². The van der Waals surface area contributed by atoms with Crippen LogP contribution in [0.4, 0.5) is 13.2 Å². The Kier molecular flexibility index (Phi) is 7.79. The van der Waals surface area contributed by atoms with Gasteiger partial charge in [0.2, 0.25) is 0 Å². The van der Waals surface area contributed by atoms with Gasteiger partial charge in [-0.2, -0.15) is 13.2 Å². The van der Waals surface area contributed by atoms with Gasteiger partial charge in [-0.3, -0.25) is 0 Å². The molecule has 5 heteroatoms. The normalized spacial score (nSPS) is 14.8. The van der Waals surface area contributed by atoms with Gasteiger partial charge in [-0.05, 0) is 18.8 Å². The molecule has 0 bridgehead atoms. The molecule has 19 heavy (non-hydrogen) atoms. The minimum Gasteiger partial charge on any atom is -0.459 e. The van der Waals surface area contributed by atoms with Crippen LogP contribution in [0.5, 0.6) is 0 Å². The maximum absolute atomic E-state index is 12.3. The molecule has 0 aliphatic rings. The van der Waals surface area contributed by atoms with Crippen LogP contribution in [-0.4, -0.2) is 18.2 Å². The summed E-state index contributed by atoms with van der Waals surface area (Å²) in [6, 6.07) is 0. The highest BCUT2D eigenvalue weighted by Crippen LogP contribution is 2.26. The van der Waals surface area contributed by atoms with E-state index in [0.29, 0.717) is 18.8 Å². The van der Waals surface area contributed by atoms with Crippen molar-refractivity contribution in [1.82, 2.24) is 0 Å². The maximum atomic E-state index is 12.3. The molecule has 0 heterocycles. The largest absolute Gasteiger partial charge is 0.459 e. The highest BCUT2D eigenvalue weighted by atomic mass is 19.4. The van der Waals surface area contributed by atoms with Crippen molar-refractivity contribution < 1.29 is 22.7 Å². The van der Waals surface area contributed by atoms with E-state index < -0.39 is 23.8 Å². The number of carbonyl (C=O) groups excluding carboxylic acids is 1. The smallest absolute Gasteiger partial charge is 0.422 e. The molecule has 0 aromatic heterocycles. The molecule has 2 atom stereocenters. The standard InChI is InChI=1S/C14H23F3O2/c1-5-7-8-12(9-10(3)6-2)19-13(18)11(4)14(15,16)17/h10,12H,4-9H2,1-3H3. The molecular formula is C14H23F3O2. The van der Waals surface area contributed by atoms with Crippen LogP contribution < -0.4 is 0 Å². The first-order valence-electron chi connectivity index (χ1n) is 6.69. The lowest BCUT2D eigenvalue weighted by Gasteiger charge is -2.21. The second-order valence-electron chi connectivity index (χ2n) is 4.89. The monoisotopic (exact) mass is 280 g/mol. The fraction of sp³-hybridized carbons (Fsp3) is 0.786. The van der Waals surface area contributed by atoms with Crippen molar-refractivity contribution in [3.05, 3.63) is 12.2 Å². The van der Waals surface area contributed by atoms with Gasteiger partial charge in [0.15, 0.2) is 0 Å². The van der Waals surface area contributed by atoms with Crippen molar-refractivity contribution in [2.75, 3.05) is 0 Å². The average Bonchev–Trinajstić information content (AvgIpc) is 2.33. The average molecular weight is 280 g/mol. The van der Waals surface area contributed by atoms with E-state index in [-0.39, 0.29) is 0 Å². The van der Waals surface area contributed by atoms with E-state index in [9.17, 15) is 18.0 Å². The Morgan fingerprint density at radius 2 is 1.89 bits per heavy atom. The van der Waals surface area contributed by atoms with Gasteiger partial charge in [0.05, 0.1) is 0 Å². The molecule has 0 radical (unpaired) electrons. The molecule has 2 nitrogen and oxygen atoms in total. The molecule has 0 aromatic rings. The summed E-state index contributed by atoms with van der Waals surface area (Å²) in [4.78, 5) is 11.4. The number of unbranched alkanes of at least 4 members (excludes halogenated alkanes) is 1. The first-order chi connectivity index (χ1) is 8.72. The van der Waals surface area contributed by atoms with E-state index in [0.717, 1.165) is 19.3 Å². The van der Waals surface area contributed by atoms with Crippen LogP contribution in [-0.2, 0) is 9.53 Å². The molecule has 0 saturated heterocycles. The molecule has 0 fully saturated rings. The third kappa shape index (κ3) is 7.23. The van der Waals surface area contributed by atoms with Gasteiger partial charge in [0.25, 0.3) is 0 Å². The lowest BCUT2D eigenvalue weighted by atomic mass is 9.98. The van der Waals surface area contributed by atoms with Gasteiger partial charge in [-0.25, -0.2) is 4.79 Å². The number of esters is 1. The quantitative estimate of drug-likeness (QED) is 0.478. The molecule has 0 amide bonds. The highest BCUT2D eigenvalue weighted by Gasteiger charge is 2.38. The van der Waals surface area contributed by atoms with Crippen molar-refractivity contribution in [1.29, 1.82) is 0 Å². The molecule has 0 aromatic carbocycles. The zero-order chi connectivity index (χ0) is 15.1. The van der Waals surface area contributed by atoms with Crippen LogP contribution in [0.2, 0.25) is 0 Å². The number of halogens is 3. The van der Waals surface area contributed by atoms with Gasteiger partial charge >= 0.3 is 12.1 Å². The van der Waals surface area contributed by atoms with Gasteiger partial charge < -0.3 is 4.74 Å². The number of hydrogen-bond acceptors (Lipinski definition) is 2. The summed E-state index contributed by atoms with van der Waals surface area (Å²) in [5, 5.41) is 0. The molecule has 0 aliphatic carbocycles. The van der Waals surface area contributed by atoms with E-state index in [1.807, 2.05) is 20.8 Å². The Morgan fingerprint density at radius 1 is 1.32 bits per heavy atom. The number of alkyl halides is 3. The summed E-state index contributed by atoms with van der Waals surface area (Å²) in [6.07, 6.45) is -1.35. The van der Waals surface area contributed by atoms with Crippen LogP contribution in [0.3, 0.4) is 0 Å². The van der Waals surface area contributed by atoms with Gasteiger partial charge in [0.1, 0.15) is 11.7 Å². The molecule has 0 N–H and O–H groups in total. The molecule has 0 aliphatic heterocycles. The van der Waals surface area contributed by atoms with E-state index >= 15 is 0 Å². The minimum atomic E-state index is -4.72. The van der Waals surface area contributed by atoms with Gasteiger partial charge in [-0.1, -0.05) is 46.6 Å². The topological polar surface area (TPSA) is 26.3 Å². The number of hydrogen-bond donors (Lipinski definition) is 0. The zero-order valence-corrected chi connectivity index (χ0v) is 11.8. The predicted molar refractivity (Wildman–Crippen MR) is 68.7 cm³/mol. The molecule has 2 unspecified atom stereocenters. The Morgan fingerprint density at radius 3 is 2.32 bits per heavy atom. The minimum absolute atomic E-state index is 0.314. The van der Waals surface area contributed by atoms with E-state index in [1.54, 1.807) is 0 Å². The third-order valence-electron chi connectivity index (χ3n) is 3.10. The van der Waals surface area contributed by atoms with E-state index in [1.165, 1.54) is 0 Å². The summed E-state index contributed by atoms with van der Waals surface area (Å²) in [5.74, 6) is -1.04. The van der Waals surface area contributed by atoms with Crippen LogP contribution in [0.1, 0.15) is 52.9 Å². The summed E-state index contributed by atoms with van der Waals surface area (Å²) in [6.45, 7) is 8.73. The lowest BCUT2D eigenvalue weighted by molar-refractivity contribution is -0.156. The first kappa shape index (κ1) is 18.0. The SMILES string of the molecule is C=C(C(=O)OC(CCCC)CC(C)CC)C(F)(F)F. The number of rotatable bonds is 8. The van der Waals surface area contributed by atoms with Crippen molar-refractivity contribution in [2.45, 2.75) is 65.2 Å². The molecular weight excluding hydrogens is 257 g/mol. The van der Waals surface area contributed by atoms with Crippen molar-refractivity contribution in [3.8, 4) is 0 Å². The summed E-state index contributed by atoms with van der Waals surface area (Å²) < 4.78 is 41.9. The third-order valence-corrected chi connectivity index (χ3v) is 3.10. The number of ether oxygens (including phenoxy) is 1.